The second-order valence-electron chi connectivity index (χ2n) is 5.27. The van der Waals surface area contributed by atoms with Crippen LogP contribution in [-0.4, -0.2) is 60.8 Å². The highest BCUT2D eigenvalue weighted by Gasteiger charge is 2.33. The van der Waals surface area contributed by atoms with Gasteiger partial charge in [0.15, 0.2) is 14.9 Å². The average molecular weight is 322 g/mol. The summed E-state index contributed by atoms with van der Waals surface area (Å²) < 4.78 is 23.1. The largest absolute Gasteiger partial charge is 0.395 e. The third-order valence-corrected chi connectivity index (χ3v) is 5.69. The molecule has 1 rings (SSSR count). The van der Waals surface area contributed by atoms with Gasteiger partial charge in [0.2, 0.25) is 0 Å². The third kappa shape index (κ3) is 5.93. The normalized spacial score (nSPS) is 20.8. The molecular formula is C13H26N2O3S2. The van der Waals surface area contributed by atoms with E-state index in [9.17, 15) is 8.42 Å². The molecular weight excluding hydrogens is 296 g/mol. The minimum absolute atomic E-state index is 0.0196. The first-order valence-corrected chi connectivity index (χ1v) is 9.59. The van der Waals surface area contributed by atoms with Crippen LogP contribution in [0.4, 0.5) is 0 Å². The third-order valence-electron chi connectivity index (χ3n) is 3.56. The molecule has 7 heteroatoms. The fourth-order valence-corrected chi connectivity index (χ4v) is 4.50. The smallest absolute Gasteiger partial charge is 0.169 e. The molecule has 0 aromatic rings. The molecule has 0 unspecified atom stereocenters. The van der Waals surface area contributed by atoms with Gasteiger partial charge >= 0.3 is 0 Å². The van der Waals surface area contributed by atoms with E-state index < -0.39 is 9.84 Å². The number of thiocarbonyl (C=S) groups is 1. The lowest BCUT2D eigenvalue weighted by atomic mass is 10.2. The minimum atomic E-state index is -2.94. The molecule has 0 saturated carbocycles. The lowest BCUT2D eigenvalue weighted by molar-refractivity contribution is 0.225. The molecule has 0 amide bonds. The van der Waals surface area contributed by atoms with Crippen molar-refractivity contribution in [2.45, 2.75) is 45.1 Å². The van der Waals surface area contributed by atoms with Crippen molar-refractivity contribution in [3.8, 4) is 0 Å². The molecule has 1 heterocycles. The number of aliphatic hydroxyl groups excluding tert-OH is 1. The molecule has 1 fully saturated rings. The molecule has 1 aliphatic heterocycles. The van der Waals surface area contributed by atoms with Crippen molar-refractivity contribution >= 4 is 27.2 Å². The Bertz CT molecular complexity index is 398. The van der Waals surface area contributed by atoms with E-state index >= 15 is 0 Å². The molecule has 0 aromatic carbocycles. The molecule has 0 radical (unpaired) electrons. The molecule has 1 saturated heterocycles. The monoisotopic (exact) mass is 322 g/mol. The van der Waals surface area contributed by atoms with Gasteiger partial charge in [-0.3, -0.25) is 0 Å². The van der Waals surface area contributed by atoms with E-state index in [4.69, 9.17) is 17.3 Å². The van der Waals surface area contributed by atoms with Gasteiger partial charge in [-0.2, -0.15) is 0 Å². The van der Waals surface area contributed by atoms with Crippen LogP contribution in [0.5, 0.6) is 0 Å². The number of nitrogens with one attached hydrogen (secondary N) is 1. The highest BCUT2D eigenvalue weighted by Crippen LogP contribution is 2.17. The van der Waals surface area contributed by atoms with Crippen LogP contribution in [0, 0.1) is 0 Å². The van der Waals surface area contributed by atoms with Gasteiger partial charge in [0, 0.05) is 19.1 Å². The predicted molar refractivity (Wildman–Crippen MR) is 85.6 cm³/mol. The van der Waals surface area contributed by atoms with Gasteiger partial charge in [-0.25, -0.2) is 8.42 Å². The first-order valence-electron chi connectivity index (χ1n) is 7.36. The van der Waals surface area contributed by atoms with Gasteiger partial charge in [-0.1, -0.05) is 26.2 Å². The second-order valence-corrected chi connectivity index (χ2v) is 7.88. The van der Waals surface area contributed by atoms with Crippen molar-refractivity contribution in [2.24, 2.45) is 0 Å². The van der Waals surface area contributed by atoms with Gasteiger partial charge < -0.3 is 15.3 Å². The fourth-order valence-electron chi connectivity index (χ4n) is 2.43. The van der Waals surface area contributed by atoms with Gasteiger partial charge in [-0.05, 0) is 25.1 Å². The van der Waals surface area contributed by atoms with Crippen LogP contribution < -0.4 is 5.32 Å². The van der Waals surface area contributed by atoms with Crippen LogP contribution in [0.2, 0.25) is 0 Å². The molecule has 20 heavy (non-hydrogen) atoms. The summed E-state index contributed by atoms with van der Waals surface area (Å²) in [6.07, 6.45) is 5.24. The van der Waals surface area contributed by atoms with Crippen LogP contribution in [-0.2, 0) is 9.84 Å². The second kappa shape index (κ2) is 8.79. The van der Waals surface area contributed by atoms with Crippen LogP contribution in [0.25, 0.3) is 0 Å². The van der Waals surface area contributed by atoms with Gasteiger partial charge in [0.1, 0.15) is 0 Å². The summed E-state index contributed by atoms with van der Waals surface area (Å²) in [4.78, 5) is 1.83. The summed E-state index contributed by atoms with van der Waals surface area (Å²) in [6, 6.07) is -0.0946. The van der Waals surface area contributed by atoms with E-state index in [0.29, 0.717) is 18.1 Å². The summed E-state index contributed by atoms with van der Waals surface area (Å²) in [5.41, 5.74) is 0. The lowest BCUT2D eigenvalue weighted by Gasteiger charge is -2.30. The average Bonchev–Trinajstić information content (AvgIpc) is 2.75. The van der Waals surface area contributed by atoms with Crippen LogP contribution in [0.3, 0.4) is 0 Å². The molecule has 0 aliphatic carbocycles. The Morgan fingerprint density at radius 3 is 2.70 bits per heavy atom. The maximum Gasteiger partial charge on any atom is 0.169 e. The number of sulfone groups is 1. The molecule has 118 valence electrons. The number of rotatable bonds is 8. The highest BCUT2D eigenvalue weighted by atomic mass is 32.2. The van der Waals surface area contributed by atoms with Gasteiger partial charge in [0.25, 0.3) is 0 Å². The summed E-state index contributed by atoms with van der Waals surface area (Å²) in [7, 11) is -2.94. The zero-order valence-electron chi connectivity index (χ0n) is 12.2. The number of hydrogen-bond donors (Lipinski definition) is 2. The number of hydrogen-bond acceptors (Lipinski definition) is 4. The van der Waals surface area contributed by atoms with Gasteiger partial charge in [-0.15, -0.1) is 0 Å². The quantitative estimate of drug-likeness (QED) is 0.512. The van der Waals surface area contributed by atoms with Crippen molar-refractivity contribution in [3.63, 3.8) is 0 Å². The number of nitrogens with zero attached hydrogens (tertiary/aromatic N) is 1. The fraction of sp³-hybridized carbons (Fsp3) is 0.923. The molecule has 0 aromatic heterocycles. The van der Waals surface area contributed by atoms with Crippen molar-refractivity contribution in [3.05, 3.63) is 0 Å². The summed E-state index contributed by atoms with van der Waals surface area (Å²) in [5.74, 6) is 0.364. The Morgan fingerprint density at radius 1 is 1.40 bits per heavy atom. The molecule has 1 aliphatic rings. The number of unbranched alkanes of at least 4 members (excludes halogenated alkanes) is 3. The Morgan fingerprint density at radius 2 is 2.15 bits per heavy atom. The van der Waals surface area contributed by atoms with Crippen molar-refractivity contribution < 1.29 is 13.5 Å². The first kappa shape index (κ1) is 17.7. The minimum Gasteiger partial charge on any atom is -0.395 e. The zero-order valence-corrected chi connectivity index (χ0v) is 13.8. The molecule has 2 N–H and O–H groups in total. The number of aliphatic hydroxyl groups is 1. The van der Waals surface area contributed by atoms with E-state index in [1.165, 1.54) is 19.3 Å². The maximum absolute atomic E-state index is 11.6. The van der Waals surface area contributed by atoms with E-state index in [1.807, 2.05) is 4.90 Å². The summed E-state index contributed by atoms with van der Waals surface area (Å²) in [5, 5.41) is 12.9. The van der Waals surface area contributed by atoms with E-state index in [1.54, 1.807) is 0 Å². The molecule has 0 bridgehead atoms. The Balaban J connectivity index is 2.43. The van der Waals surface area contributed by atoms with Crippen LogP contribution >= 0.6 is 12.2 Å². The highest BCUT2D eigenvalue weighted by molar-refractivity contribution is 7.91. The Hall–Kier alpha value is -0.400. The topological polar surface area (TPSA) is 69.6 Å². The SMILES string of the molecule is CCCCCCNC(=S)N(CCO)[C@H]1CCS(=O)(=O)C1. The molecule has 1 atom stereocenters. The van der Waals surface area contributed by atoms with E-state index in [2.05, 4.69) is 12.2 Å². The zero-order chi connectivity index (χ0) is 15.0. The van der Waals surface area contributed by atoms with Crippen molar-refractivity contribution in [1.29, 1.82) is 0 Å². The molecule has 0 spiro atoms. The first-order chi connectivity index (χ1) is 9.50. The van der Waals surface area contributed by atoms with Crippen LogP contribution in [0.1, 0.15) is 39.0 Å². The molecule has 5 nitrogen and oxygen atoms in total. The van der Waals surface area contributed by atoms with Crippen molar-refractivity contribution in [1.82, 2.24) is 10.2 Å². The van der Waals surface area contributed by atoms with Crippen molar-refractivity contribution in [2.75, 3.05) is 31.2 Å². The lowest BCUT2D eigenvalue weighted by Crippen LogP contribution is -2.48. The maximum atomic E-state index is 11.6. The Kier molecular flexibility index (Phi) is 7.76. The predicted octanol–water partition coefficient (Wildman–Crippen LogP) is 0.923. The van der Waals surface area contributed by atoms with Crippen LogP contribution in [0.15, 0.2) is 0 Å². The summed E-state index contributed by atoms with van der Waals surface area (Å²) in [6.45, 7) is 3.34. The van der Waals surface area contributed by atoms with E-state index in [-0.39, 0.29) is 24.2 Å². The van der Waals surface area contributed by atoms with E-state index in [0.717, 1.165) is 13.0 Å². The summed E-state index contributed by atoms with van der Waals surface area (Å²) >= 11 is 5.34. The standard InChI is InChI=1S/C13H26N2O3S2/c1-2-3-4-5-7-14-13(19)15(8-9-16)12-6-10-20(17,18)11-12/h12,16H,2-11H2,1H3,(H,14,19)/t12-/m0/s1. The Labute approximate surface area is 127 Å². The van der Waals surface area contributed by atoms with Gasteiger partial charge in [0.05, 0.1) is 18.1 Å².